The summed E-state index contributed by atoms with van der Waals surface area (Å²) in [6.07, 6.45) is 1.08. The molecule has 1 unspecified atom stereocenters. The number of hydrogen-bond donors (Lipinski definition) is 1. The molecule has 1 aromatic rings. The lowest BCUT2D eigenvalue weighted by atomic mass is 10.1. The summed E-state index contributed by atoms with van der Waals surface area (Å²) < 4.78 is 1.13. The van der Waals surface area contributed by atoms with Crippen LogP contribution in [0, 0.1) is 0 Å². The van der Waals surface area contributed by atoms with E-state index in [1.54, 1.807) is 0 Å². The van der Waals surface area contributed by atoms with E-state index < -0.39 is 0 Å². The molecule has 3 heteroatoms. The van der Waals surface area contributed by atoms with E-state index in [1.807, 2.05) is 25.2 Å². The number of benzene rings is 1. The van der Waals surface area contributed by atoms with Crippen LogP contribution in [-0.4, -0.2) is 19.1 Å². The number of nitrogens with zero attached hydrogens (tertiary/aromatic N) is 1. The van der Waals surface area contributed by atoms with Crippen molar-refractivity contribution in [3.8, 4) is 0 Å². The Morgan fingerprint density at radius 1 is 1.43 bits per heavy atom. The predicted octanol–water partition coefficient (Wildman–Crippen LogP) is 2.97. The van der Waals surface area contributed by atoms with Crippen LogP contribution in [-0.2, 0) is 0 Å². The van der Waals surface area contributed by atoms with Crippen LogP contribution in [0.25, 0.3) is 0 Å². The fraction of sp³-hybridized carbons (Fsp3) is 0.455. The second kappa shape index (κ2) is 5.49. The maximum absolute atomic E-state index is 3.48. The summed E-state index contributed by atoms with van der Waals surface area (Å²) in [5.41, 5.74) is 4.70. The predicted molar refractivity (Wildman–Crippen MR) is 64.0 cm³/mol. The summed E-state index contributed by atoms with van der Waals surface area (Å²) in [6.45, 7) is 2.18. The minimum Gasteiger partial charge on any atom is -0.250 e. The minimum absolute atomic E-state index is 0.391. The molecule has 0 bridgehead atoms. The third-order valence-corrected chi connectivity index (χ3v) is 2.57. The maximum atomic E-state index is 3.48. The molecule has 0 aliphatic carbocycles. The first-order valence-corrected chi connectivity index (χ1v) is 5.61. The van der Waals surface area contributed by atoms with Gasteiger partial charge in [0.05, 0.1) is 0 Å². The Labute approximate surface area is 94.4 Å². The van der Waals surface area contributed by atoms with E-state index in [1.165, 1.54) is 5.56 Å². The molecule has 0 amide bonds. The zero-order valence-electron chi connectivity index (χ0n) is 8.92. The van der Waals surface area contributed by atoms with Crippen molar-refractivity contribution >= 4 is 15.9 Å². The van der Waals surface area contributed by atoms with Crippen LogP contribution >= 0.6 is 15.9 Å². The highest BCUT2D eigenvalue weighted by Gasteiger charge is 2.09. The van der Waals surface area contributed by atoms with Crippen LogP contribution in [0.4, 0.5) is 0 Å². The molecule has 1 atom stereocenters. The molecule has 0 aliphatic heterocycles. The average molecular weight is 257 g/mol. The smallest absolute Gasteiger partial charge is 0.0462 e. The van der Waals surface area contributed by atoms with Crippen LogP contribution in [0.5, 0.6) is 0 Å². The molecule has 0 radical (unpaired) electrons. The van der Waals surface area contributed by atoms with Crippen molar-refractivity contribution in [3.05, 3.63) is 34.3 Å². The number of nitrogens with one attached hydrogen (secondary N) is 1. The van der Waals surface area contributed by atoms with Gasteiger partial charge in [-0.25, -0.2) is 5.43 Å². The van der Waals surface area contributed by atoms with Crippen molar-refractivity contribution in [2.75, 3.05) is 14.1 Å². The third-order valence-electron chi connectivity index (χ3n) is 2.07. The highest BCUT2D eigenvalue weighted by Crippen LogP contribution is 2.20. The lowest BCUT2D eigenvalue weighted by Gasteiger charge is -2.22. The van der Waals surface area contributed by atoms with Crippen molar-refractivity contribution in [1.29, 1.82) is 0 Å². The van der Waals surface area contributed by atoms with Crippen LogP contribution in [0.2, 0.25) is 0 Å². The fourth-order valence-corrected chi connectivity index (χ4v) is 1.85. The Bertz CT molecular complexity index is 286. The fourth-order valence-electron chi connectivity index (χ4n) is 1.44. The first kappa shape index (κ1) is 11.7. The van der Waals surface area contributed by atoms with Gasteiger partial charge in [0.25, 0.3) is 0 Å². The molecular formula is C11H17BrN2. The van der Waals surface area contributed by atoms with E-state index in [0.717, 1.165) is 10.9 Å². The zero-order valence-corrected chi connectivity index (χ0v) is 10.5. The highest BCUT2D eigenvalue weighted by atomic mass is 79.9. The molecule has 0 aromatic heterocycles. The topological polar surface area (TPSA) is 15.3 Å². The van der Waals surface area contributed by atoms with Gasteiger partial charge in [-0.05, 0) is 24.1 Å². The third kappa shape index (κ3) is 3.40. The summed E-state index contributed by atoms with van der Waals surface area (Å²) in [7, 11) is 4.03. The molecule has 0 fully saturated rings. The Morgan fingerprint density at radius 3 is 2.64 bits per heavy atom. The number of halogens is 1. The Hall–Kier alpha value is -0.380. The largest absolute Gasteiger partial charge is 0.250 e. The number of rotatable bonds is 4. The molecule has 0 heterocycles. The molecular weight excluding hydrogens is 240 g/mol. The van der Waals surface area contributed by atoms with Crippen molar-refractivity contribution in [2.45, 2.75) is 19.4 Å². The van der Waals surface area contributed by atoms with Crippen LogP contribution in [0.3, 0.4) is 0 Å². The summed E-state index contributed by atoms with van der Waals surface area (Å²) >= 11 is 3.48. The van der Waals surface area contributed by atoms with Gasteiger partial charge in [0, 0.05) is 24.6 Å². The van der Waals surface area contributed by atoms with Gasteiger partial charge in [0.2, 0.25) is 0 Å². The van der Waals surface area contributed by atoms with Crippen molar-refractivity contribution in [2.24, 2.45) is 0 Å². The lowest BCUT2D eigenvalue weighted by Crippen LogP contribution is -2.33. The summed E-state index contributed by atoms with van der Waals surface area (Å²) in [5, 5.41) is 2.00. The molecule has 0 saturated heterocycles. The number of hydrazine groups is 1. The van der Waals surface area contributed by atoms with Gasteiger partial charge in [-0.2, -0.15) is 0 Å². The zero-order chi connectivity index (χ0) is 10.6. The lowest BCUT2D eigenvalue weighted by molar-refractivity contribution is 0.239. The Balaban J connectivity index is 2.78. The summed E-state index contributed by atoms with van der Waals surface area (Å²) in [5.74, 6) is 0. The summed E-state index contributed by atoms with van der Waals surface area (Å²) in [4.78, 5) is 0. The second-order valence-corrected chi connectivity index (χ2v) is 4.46. The normalized spacial score (nSPS) is 13.2. The van der Waals surface area contributed by atoms with Crippen molar-refractivity contribution < 1.29 is 0 Å². The first-order chi connectivity index (χ1) is 6.63. The molecule has 1 aromatic carbocycles. The van der Waals surface area contributed by atoms with Crippen molar-refractivity contribution in [3.63, 3.8) is 0 Å². The van der Waals surface area contributed by atoms with E-state index in [2.05, 4.69) is 46.5 Å². The molecule has 0 aliphatic rings. The van der Waals surface area contributed by atoms with Gasteiger partial charge in [-0.15, -0.1) is 0 Å². The summed E-state index contributed by atoms with van der Waals surface area (Å²) in [6, 6.07) is 8.81. The molecule has 0 saturated carbocycles. The Morgan fingerprint density at radius 2 is 2.14 bits per heavy atom. The van der Waals surface area contributed by atoms with Gasteiger partial charge in [-0.3, -0.25) is 5.01 Å². The number of hydrogen-bond acceptors (Lipinski definition) is 2. The van der Waals surface area contributed by atoms with E-state index in [9.17, 15) is 0 Å². The molecule has 1 rings (SSSR count). The molecule has 0 spiro atoms. The highest BCUT2D eigenvalue weighted by molar-refractivity contribution is 9.10. The maximum Gasteiger partial charge on any atom is 0.0462 e. The van der Waals surface area contributed by atoms with Gasteiger partial charge in [-0.1, -0.05) is 35.0 Å². The minimum atomic E-state index is 0.391. The van der Waals surface area contributed by atoms with Crippen LogP contribution < -0.4 is 5.43 Å². The molecule has 14 heavy (non-hydrogen) atoms. The molecule has 1 N–H and O–H groups in total. The first-order valence-electron chi connectivity index (χ1n) is 4.82. The van der Waals surface area contributed by atoms with Gasteiger partial charge in [0.15, 0.2) is 0 Å². The van der Waals surface area contributed by atoms with Gasteiger partial charge in [0.1, 0.15) is 0 Å². The quantitative estimate of drug-likeness (QED) is 0.834. The molecule has 2 nitrogen and oxygen atoms in total. The monoisotopic (exact) mass is 256 g/mol. The van der Waals surface area contributed by atoms with Crippen LogP contribution in [0.15, 0.2) is 28.7 Å². The molecule has 78 valence electrons. The van der Waals surface area contributed by atoms with E-state index in [-0.39, 0.29) is 0 Å². The van der Waals surface area contributed by atoms with Gasteiger partial charge < -0.3 is 0 Å². The van der Waals surface area contributed by atoms with Crippen molar-refractivity contribution in [1.82, 2.24) is 10.4 Å². The second-order valence-electron chi connectivity index (χ2n) is 3.54. The Kier molecular flexibility index (Phi) is 4.58. The standard InChI is InChI=1S/C11H17BrN2/c1-4-11(13-14(2)3)9-6-5-7-10(12)8-9/h5-8,11,13H,4H2,1-3H3. The average Bonchev–Trinajstić information content (AvgIpc) is 2.14. The van der Waals surface area contributed by atoms with E-state index >= 15 is 0 Å². The van der Waals surface area contributed by atoms with E-state index in [4.69, 9.17) is 0 Å². The van der Waals surface area contributed by atoms with E-state index in [0.29, 0.717) is 6.04 Å². The SMILES string of the molecule is CCC(NN(C)C)c1cccc(Br)c1. The van der Waals surface area contributed by atoms with Crippen LogP contribution in [0.1, 0.15) is 24.9 Å². The van der Waals surface area contributed by atoms with Gasteiger partial charge >= 0.3 is 0 Å².